The molecule has 0 spiro atoms. The largest absolute Gasteiger partial charge is 0.324 e. The zero-order chi connectivity index (χ0) is 15.4. The molecule has 0 bridgehead atoms. The van der Waals surface area contributed by atoms with Crippen LogP contribution in [0.15, 0.2) is 46.9 Å². The zero-order valence-electron chi connectivity index (χ0n) is 10.9. The fourth-order valence-electron chi connectivity index (χ4n) is 1.87. The smallest absolute Gasteiger partial charge is 0.226 e. The SMILES string of the molecule is NC(CC(=O)Nc1c(F)cc(Br)cc1F)c1ccccc1. The van der Waals surface area contributed by atoms with Crippen molar-refractivity contribution in [1.82, 2.24) is 0 Å². The van der Waals surface area contributed by atoms with E-state index in [-0.39, 0.29) is 10.9 Å². The van der Waals surface area contributed by atoms with Crippen LogP contribution in [0.4, 0.5) is 14.5 Å². The van der Waals surface area contributed by atoms with Crippen LogP contribution in [-0.2, 0) is 4.79 Å². The highest BCUT2D eigenvalue weighted by Gasteiger charge is 2.16. The summed E-state index contributed by atoms with van der Waals surface area (Å²) in [6.07, 6.45) is -0.0705. The van der Waals surface area contributed by atoms with Gasteiger partial charge in [0.2, 0.25) is 5.91 Å². The third-order valence-electron chi connectivity index (χ3n) is 2.90. The van der Waals surface area contributed by atoms with E-state index in [0.717, 1.165) is 17.7 Å². The highest BCUT2D eigenvalue weighted by molar-refractivity contribution is 9.10. The minimum atomic E-state index is -0.844. The number of anilines is 1. The van der Waals surface area contributed by atoms with E-state index in [1.54, 1.807) is 24.3 Å². The third kappa shape index (κ3) is 4.09. The van der Waals surface area contributed by atoms with Crippen LogP contribution in [0.25, 0.3) is 0 Å². The van der Waals surface area contributed by atoms with Gasteiger partial charge in [-0.15, -0.1) is 0 Å². The summed E-state index contributed by atoms with van der Waals surface area (Å²) in [6.45, 7) is 0. The fraction of sp³-hybridized carbons (Fsp3) is 0.133. The summed E-state index contributed by atoms with van der Waals surface area (Å²) in [4.78, 5) is 11.8. The van der Waals surface area contributed by atoms with Gasteiger partial charge in [0.25, 0.3) is 0 Å². The van der Waals surface area contributed by atoms with Crippen molar-refractivity contribution >= 4 is 27.5 Å². The van der Waals surface area contributed by atoms with E-state index in [1.807, 2.05) is 6.07 Å². The van der Waals surface area contributed by atoms with Gasteiger partial charge in [-0.1, -0.05) is 46.3 Å². The molecule has 3 N–H and O–H groups in total. The Kier molecular flexibility index (Phi) is 5.03. The maximum absolute atomic E-state index is 13.6. The average Bonchev–Trinajstić information content (AvgIpc) is 2.43. The molecular formula is C15H13BrF2N2O. The average molecular weight is 355 g/mol. The van der Waals surface area contributed by atoms with Crippen molar-refractivity contribution in [3.8, 4) is 0 Å². The predicted molar refractivity (Wildman–Crippen MR) is 80.7 cm³/mol. The van der Waals surface area contributed by atoms with E-state index < -0.39 is 29.3 Å². The van der Waals surface area contributed by atoms with Gasteiger partial charge in [0, 0.05) is 16.9 Å². The van der Waals surface area contributed by atoms with Gasteiger partial charge in [0.1, 0.15) is 5.69 Å². The van der Waals surface area contributed by atoms with Gasteiger partial charge in [-0.25, -0.2) is 8.78 Å². The van der Waals surface area contributed by atoms with Crippen LogP contribution in [-0.4, -0.2) is 5.91 Å². The van der Waals surface area contributed by atoms with E-state index in [2.05, 4.69) is 21.2 Å². The molecule has 2 aromatic carbocycles. The zero-order valence-corrected chi connectivity index (χ0v) is 12.5. The molecule has 2 aromatic rings. The number of nitrogens with two attached hydrogens (primary N) is 1. The molecule has 0 heterocycles. The molecule has 6 heteroatoms. The van der Waals surface area contributed by atoms with E-state index in [9.17, 15) is 13.6 Å². The van der Waals surface area contributed by atoms with Crippen molar-refractivity contribution < 1.29 is 13.6 Å². The van der Waals surface area contributed by atoms with Crippen LogP contribution < -0.4 is 11.1 Å². The second kappa shape index (κ2) is 6.78. The number of carbonyl (C=O) groups excluding carboxylic acids is 1. The van der Waals surface area contributed by atoms with Crippen molar-refractivity contribution in [3.63, 3.8) is 0 Å². The molecule has 1 atom stereocenters. The standard InChI is InChI=1S/C15H13BrF2N2O/c16-10-6-11(17)15(12(18)7-10)20-14(21)8-13(19)9-4-2-1-3-5-9/h1-7,13H,8,19H2,(H,20,21). The first-order valence-corrected chi connectivity index (χ1v) is 7.01. The molecule has 110 valence electrons. The van der Waals surface area contributed by atoms with Gasteiger partial charge in [-0.3, -0.25) is 4.79 Å². The first-order valence-electron chi connectivity index (χ1n) is 6.22. The van der Waals surface area contributed by atoms with Crippen LogP contribution in [0, 0.1) is 11.6 Å². The molecule has 21 heavy (non-hydrogen) atoms. The number of nitrogens with one attached hydrogen (secondary N) is 1. The first-order chi connectivity index (χ1) is 9.97. The summed E-state index contributed by atoms with van der Waals surface area (Å²) in [5.41, 5.74) is 6.21. The Bertz CT molecular complexity index is 626. The molecule has 3 nitrogen and oxygen atoms in total. The van der Waals surface area contributed by atoms with Crippen LogP contribution in [0.3, 0.4) is 0 Å². The number of rotatable bonds is 4. The highest BCUT2D eigenvalue weighted by atomic mass is 79.9. The summed E-state index contributed by atoms with van der Waals surface area (Å²) >= 11 is 2.97. The topological polar surface area (TPSA) is 55.1 Å². The molecule has 0 saturated heterocycles. The molecule has 2 rings (SSSR count). The number of benzene rings is 2. The number of hydrogen-bond donors (Lipinski definition) is 2. The molecular weight excluding hydrogens is 342 g/mol. The number of halogens is 3. The van der Waals surface area contributed by atoms with Gasteiger partial charge in [-0.05, 0) is 17.7 Å². The Balaban J connectivity index is 2.06. The maximum Gasteiger partial charge on any atom is 0.226 e. The van der Waals surface area contributed by atoms with Crippen molar-refractivity contribution in [2.24, 2.45) is 5.73 Å². The minimum absolute atomic E-state index is 0.0705. The van der Waals surface area contributed by atoms with E-state index >= 15 is 0 Å². The summed E-state index contributed by atoms with van der Waals surface area (Å²) < 4.78 is 27.5. The van der Waals surface area contributed by atoms with E-state index in [1.165, 1.54) is 0 Å². The van der Waals surface area contributed by atoms with Gasteiger partial charge in [0.15, 0.2) is 11.6 Å². The number of amides is 1. The Morgan fingerprint density at radius 2 is 1.76 bits per heavy atom. The molecule has 1 unspecified atom stereocenters. The Morgan fingerprint density at radius 3 is 2.33 bits per heavy atom. The second-order valence-corrected chi connectivity index (χ2v) is 5.43. The Hall–Kier alpha value is -1.79. The van der Waals surface area contributed by atoms with Gasteiger partial charge in [0.05, 0.1) is 0 Å². The molecule has 0 aliphatic rings. The highest BCUT2D eigenvalue weighted by Crippen LogP contribution is 2.24. The number of carbonyl (C=O) groups is 1. The summed E-state index contributed by atoms with van der Waals surface area (Å²) in [6, 6.07) is 10.7. The molecule has 0 saturated carbocycles. The second-order valence-electron chi connectivity index (χ2n) is 4.51. The normalized spacial score (nSPS) is 12.0. The molecule has 0 fully saturated rings. The minimum Gasteiger partial charge on any atom is -0.324 e. The Labute approximate surface area is 129 Å². The maximum atomic E-state index is 13.6. The lowest BCUT2D eigenvalue weighted by molar-refractivity contribution is -0.116. The lowest BCUT2D eigenvalue weighted by Gasteiger charge is -2.13. The van der Waals surface area contributed by atoms with Gasteiger partial charge in [-0.2, -0.15) is 0 Å². The monoisotopic (exact) mass is 354 g/mol. The molecule has 1 amide bonds. The van der Waals surface area contributed by atoms with Crippen LogP contribution >= 0.6 is 15.9 Å². The first kappa shape index (κ1) is 15.6. The van der Waals surface area contributed by atoms with Gasteiger partial charge < -0.3 is 11.1 Å². The van der Waals surface area contributed by atoms with Crippen molar-refractivity contribution in [3.05, 3.63) is 64.1 Å². The summed E-state index contributed by atoms with van der Waals surface area (Å²) in [5.74, 6) is -2.24. The van der Waals surface area contributed by atoms with E-state index in [4.69, 9.17) is 5.73 Å². The molecule has 0 aliphatic carbocycles. The van der Waals surface area contributed by atoms with Crippen LogP contribution in [0.1, 0.15) is 18.0 Å². The lowest BCUT2D eigenvalue weighted by atomic mass is 10.0. The molecule has 0 aliphatic heterocycles. The van der Waals surface area contributed by atoms with Crippen LogP contribution in [0.5, 0.6) is 0 Å². The molecule has 0 radical (unpaired) electrons. The summed E-state index contributed by atoms with van der Waals surface area (Å²) in [7, 11) is 0. The number of hydrogen-bond acceptors (Lipinski definition) is 2. The lowest BCUT2D eigenvalue weighted by Crippen LogP contribution is -2.21. The van der Waals surface area contributed by atoms with E-state index in [0.29, 0.717) is 0 Å². The predicted octanol–water partition coefficient (Wildman–Crippen LogP) is 3.76. The van der Waals surface area contributed by atoms with Crippen molar-refractivity contribution in [2.75, 3.05) is 5.32 Å². The van der Waals surface area contributed by atoms with Gasteiger partial charge >= 0.3 is 0 Å². The van der Waals surface area contributed by atoms with Crippen molar-refractivity contribution in [2.45, 2.75) is 12.5 Å². The fourth-order valence-corrected chi connectivity index (χ4v) is 2.27. The third-order valence-corrected chi connectivity index (χ3v) is 3.36. The van der Waals surface area contributed by atoms with Crippen LogP contribution in [0.2, 0.25) is 0 Å². The molecule has 0 aromatic heterocycles. The Morgan fingerprint density at radius 1 is 1.19 bits per heavy atom. The summed E-state index contributed by atoms with van der Waals surface area (Å²) in [5, 5.41) is 2.22. The van der Waals surface area contributed by atoms with Crippen molar-refractivity contribution in [1.29, 1.82) is 0 Å². The quantitative estimate of drug-likeness (QED) is 0.878.